The number of aromatic nitrogens is 3. The highest BCUT2D eigenvalue weighted by molar-refractivity contribution is 6.34. The first-order chi connectivity index (χ1) is 14.9. The Bertz CT molecular complexity index is 1330. The molecule has 8 heteroatoms. The molecule has 2 aromatic heterocycles. The number of carbonyl (C=O) groups is 1. The Morgan fingerprint density at radius 1 is 1.06 bits per heavy atom. The van der Waals surface area contributed by atoms with Gasteiger partial charge in [-0.3, -0.25) is 4.79 Å². The first-order valence-corrected chi connectivity index (χ1v) is 10.6. The minimum Gasteiger partial charge on any atom is -0.366 e. The summed E-state index contributed by atoms with van der Waals surface area (Å²) < 4.78 is 16.4. The molecule has 3 heterocycles. The van der Waals surface area contributed by atoms with Gasteiger partial charge in [0.2, 0.25) is 0 Å². The van der Waals surface area contributed by atoms with Crippen molar-refractivity contribution < 1.29 is 9.18 Å². The van der Waals surface area contributed by atoms with Crippen LogP contribution in [-0.2, 0) is 0 Å². The van der Waals surface area contributed by atoms with Crippen LogP contribution in [0.25, 0.3) is 16.6 Å². The van der Waals surface area contributed by atoms with Gasteiger partial charge < -0.3 is 9.80 Å². The average Bonchev–Trinajstić information content (AvgIpc) is 3.07. The first-order valence-electron chi connectivity index (χ1n) is 10.2. The topological polar surface area (TPSA) is 53.7 Å². The lowest BCUT2D eigenvalue weighted by Crippen LogP contribution is -2.47. The van der Waals surface area contributed by atoms with E-state index >= 15 is 0 Å². The van der Waals surface area contributed by atoms with E-state index in [2.05, 4.69) is 10.00 Å². The van der Waals surface area contributed by atoms with Crippen molar-refractivity contribution in [1.82, 2.24) is 14.6 Å². The summed E-state index contributed by atoms with van der Waals surface area (Å²) in [6.45, 7) is 5.97. The van der Waals surface area contributed by atoms with E-state index in [1.54, 1.807) is 16.6 Å². The molecule has 0 spiro atoms. The molecule has 0 atom stereocenters. The van der Waals surface area contributed by atoms with Gasteiger partial charge >= 0.3 is 0 Å². The zero-order valence-corrected chi connectivity index (χ0v) is 18.0. The van der Waals surface area contributed by atoms with Gasteiger partial charge in [-0.15, -0.1) is 0 Å². The minimum absolute atomic E-state index is 0.141. The Balaban J connectivity index is 1.47. The van der Waals surface area contributed by atoms with Gasteiger partial charge in [-0.1, -0.05) is 23.7 Å². The normalized spacial score (nSPS) is 14.6. The van der Waals surface area contributed by atoms with E-state index in [9.17, 15) is 9.18 Å². The molecular weight excluding hydrogens is 417 g/mol. The SMILES string of the molecule is CC(=O)c1ccc(N2CCN(c3nc4c(Cl)c(C)nn4c4ccccc34)CC2)c(F)c1. The second kappa shape index (κ2) is 7.50. The number of Topliss-reactive ketones (excluding diaryl/α,β-unsaturated/α-hetero) is 1. The van der Waals surface area contributed by atoms with Crippen LogP contribution in [0.4, 0.5) is 15.9 Å². The predicted octanol–water partition coefficient (Wildman–Crippen LogP) is 4.51. The Hall–Kier alpha value is -3.19. The molecule has 0 saturated carbocycles. The third kappa shape index (κ3) is 3.29. The number of benzene rings is 2. The maximum atomic E-state index is 14.6. The van der Waals surface area contributed by atoms with Gasteiger partial charge in [-0.2, -0.15) is 5.10 Å². The van der Waals surface area contributed by atoms with E-state index in [-0.39, 0.29) is 11.6 Å². The molecule has 0 bridgehead atoms. The zero-order valence-electron chi connectivity index (χ0n) is 17.3. The van der Waals surface area contributed by atoms with E-state index in [1.807, 2.05) is 36.1 Å². The van der Waals surface area contributed by atoms with Crippen LogP contribution in [0.3, 0.4) is 0 Å². The number of carbonyl (C=O) groups excluding carboxylic acids is 1. The number of fused-ring (bicyclic) bond motifs is 3. The summed E-state index contributed by atoms with van der Waals surface area (Å²) in [6.07, 6.45) is 0. The summed E-state index contributed by atoms with van der Waals surface area (Å²) in [5.74, 6) is 0.349. The first kappa shape index (κ1) is 19.8. The molecule has 158 valence electrons. The van der Waals surface area contributed by atoms with E-state index in [0.717, 1.165) is 22.4 Å². The number of rotatable bonds is 3. The smallest absolute Gasteiger partial charge is 0.176 e. The van der Waals surface area contributed by atoms with Gasteiger partial charge in [0.1, 0.15) is 16.7 Å². The molecule has 2 aromatic carbocycles. The summed E-state index contributed by atoms with van der Waals surface area (Å²) in [5.41, 5.74) is 3.24. The predicted molar refractivity (Wildman–Crippen MR) is 121 cm³/mol. The third-order valence-electron chi connectivity index (χ3n) is 5.82. The van der Waals surface area contributed by atoms with Gasteiger partial charge in [-0.05, 0) is 44.2 Å². The van der Waals surface area contributed by atoms with Crippen LogP contribution in [0, 0.1) is 12.7 Å². The molecule has 0 unspecified atom stereocenters. The van der Waals surface area contributed by atoms with E-state index in [0.29, 0.717) is 48.1 Å². The van der Waals surface area contributed by atoms with Gasteiger partial charge in [0.25, 0.3) is 0 Å². The zero-order chi connectivity index (χ0) is 21.7. The number of anilines is 2. The number of halogens is 2. The summed E-state index contributed by atoms with van der Waals surface area (Å²) in [5, 5.41) is 6.09. The van der Waals surface area contributed by atoms with Gasteiger partial charge in [0.05, 0.1) is 16.9 Å². The number of ketones is 1. The second-order valence-corrected chi connectivity index (χ2v) is 8.16. The fourth-order valence-corrected chi connectivity index (χ4v) is 4.31. The quantitative estimate of drug-likeness (QED) is 0.441. The molecule has 0 aliphatic carbocycles. The van der Waals surface area contributed by atoms with Crippen LogP contribution in [0.2, 0.25) is 5.02 Å². The maximum absolute atomic E-state index is 14.6. The Morgan fingerprint density at radius 3 is 2.48 bits per heavy atom. The molecule has 1 aliphatic rings. The summed E-state index contributed by atoms with van der Waals surface area (Å²) >= 11 is 6.47. The van der Waals surface area contributed by atoms with Gasteiger partial charge in [-0.25, -0.2) is 13.9 Å². The highest BCUT2D eigenvalue weighted by Gasteiger charge is 2.24. The fraction of sp³-hybridized carbons (Fsp3) is 0.261. The Morgan fingerprint density at radius 2 is 1.77 bits per heavy atom. The summed E-state index contributed by atoms with van der Waals surface area (Å²) in [6, 6.07) is 12.7. The number of hydrogen-bond donors (Lipinski definition) is 0. The van der Waals surface area contributed by atoms with Crippen LogP contribution < -0.4 is 9.80 Å². The second-order valence-electron chi connectivity index (χ2n) is 7.78. The fourth-order valence-electron chi connectivity index (χ4n) is 4.15. The average molecular weight is 438 g/mol. The molecule has 5 rings (SSSR count). The number of piperazine rings is 1. The van der Waals surface area contributed by atoms with Gasteiger partial charge in [0, 0.05) is 37.1 Å². The van der Waals surface area contributed by atoms with E-state index < -0.39 is 0 Å². The lowest BCUT2D eigenvalue weighted by molar-refractivity contribution is 0.101. The largest absolute Gasteiger partial charge is 0.366 e. The highest BCUT2D eigenvalue weighted by atomic mass is 35.5. The van der Waals surface area contributed by atoms with Crippen LogP contribution in [0.15, 0.2) is 42.5 Å². The summed E-state index contributed by atoms with van der Waals surface area (Å²) in [4.78, 5) is 20.6. The Kier molecular flexibility index (Phi) is 4.78. The van der Waals surface area contributed by atoms with Crippen molar-refractivity contribution in [3.8, 4) is 0 Å². The summed E-state index contributed by atoms with van der Waals surface area (Å²) in [7, 11) is 0. The molecule has 1 fully saturated rings. The highest BCUT2D eigenvalue weighted by Crippen LogP contribution is 2.31. The number of hydrogen-bond acceptors (Lipinski definition) is 5. The lowest BCUT2D eigenvalue weighted by Gasteiger charge is -2.37. The van der Waals surface area contributed by atoms with Crippen molar-refractivity contribution in [2.24, 2.45) is 0 Å². The molecular formula is C23H21ClFN5O. The van der Waals surface area contributed by atoms with Gasteiger partial charge in [0.15, 0.2) is 11.4 Å². The van der Waals surface area contributed by atoms with Crippen molar-refractivity contribution in [3.63, 3.8) is 0 Å². The lowest BCUT2D eigenvalue weighted by atomic mass is 10.1. The van der Waals surface area contributed by atoms with Crippen LogP contribution >= 0.6 is 11.6 Å². The molecule has 1 aliphatic heterocycles. The molecule has 4 aromatic rings. The molecule has 0 N–H and O–H groups in total. The molecule has 1 saturated heterocycles. The van der Waals surface area contributed by atoms with Crippen molar-refractivity contribution >= 4 is 45.4 Å². The van der Waals surface area contributed by atoms with Crippen LogP contribution in [0.5, 0.6) is 0 Å². The molecule has 31 heavy (non-hydrogen) atoms. The molecule has 6 nitrogen and oxygen atoms in total. The van der Waals surface area contributed by atoms with Crippen LogP contribution in [0.1, 0.15) is 23.0 Å². The monoisotopic (exact) mass is 437 g/mol. The molecule has 0 radical (unpaired) electrons. The van der Waals surface area contributed by atoms with Crippen molar-refractivity contribution in [3.05, 3.63) is 64.6 Å². The standard InChI is InChI=1S/C23H21ClFN5O/c1-14-21(24)23-26-22(17-5-3-4-6-19(17)30(23)27-14)29-11-9-28(10-12-29)20-8-7-16(15(2)31)13-18(20)25/h3-8,13H,9-12H2,1-2H3. The van der Waals surface area contributed by atoms with E-state index in [4.69, 9.17) is 16.6 Å². The third-order valence-corrected chi connectivity index (χ3v) is 6.27. The van der Waals surface area contributed by atoms with Crippen molar-refractivity contribution in [2.75, 3.05) is 36.0 Å². The number of nitrogens with zero attached hydrogens (tertiary/aromatic N) is 5. The number of aryl methyl sites for hydroxylation is 1. The van der Waals surface area contributed by atoms with Crippen LogP contribution in [-0.4, -0.2) is 46.6 Å². The number of para-hydroxylation sites is 1. The minimum atomic E-state index is -0.368. The van der Waals surface area contributed by atoms with Crippen molar-refractivity contribution in [1.29, 1.82) is 0 Å². The Labute approximate surface area is 183 Å². The maximum Gasteiger partial charge on any atom is 0.176 e. The van der Waals surface area contributed by atoms with E-state index in [1.165, 1.54) is 13.0 Å². The molecule has 0 amide bonds. The van der Waals surface area contributed by atoms with Crippen molar-refractivity contribution in [2.45, 2.75) is 13.8 Å².